The van der Waals surface area contributed by atoms with Gasteiger partial charge in [-0.15, -0.1) is 0 Å². The summed E-state index contributed by atoms with van der Waals surface area (Å²) in [5.41, 5.74) is 3.41. The summed E-state index contributed by atoms with van der Waals surface area (Å²) in [5, 5.41) is 7.82. The number of likely N-dealkylation sites (tertiary alicyclic amines) is 1. The van der Waals surface area contributed by atoms with Crippen LogP contribution in [-0.4, -0.2) is 43.1 Å². The molecule has 1 amide bonds. The number of carbonyl (C=O) groups excluding carboxylic acids is 1. The van der Waals surface area contributed by atoms with Crippen molar-refractivity contribution in [1.82, 2.24) is 10.2 Å². The first-order valence-electron chi connectivity index (χ1n) is 8.70. The molecule has 0 saturated carbocycles. The van der Waals surface area contributed by atoms with Gasteiger partial charge in [-0.05, 0) is 66.0 Å². The fourth-order valence-corrected chi connectivity index (χ4v) is 4.47. The van der Waals surface area contributed by atoms with Crippen molar-refractivity contribution >= 4 is 28.8 Å². The van der Waals surface area contributed by atoms with E-state index >= 15 is 0 Å². The first kappa shape index (κ1) is 16.9. The van der Waals surface area contributed by atoms with Crippen molar-refractivity contribution in [2.24, 2.45) is 0 Å². The molecular formula is C19H21ClN2O2S. The Morgan fingerprint density at radius 2 is 2.16 bits per heavy atom. The number of halogens is 1. The SMILES string of the molecule is O=C(CN1CCCC1)NCC1Cc2cc(-c3ccsc3)cc(Cl)c2O1. The van der Waals surface area contributed by atoms with Crippen LogP contribution in [-0.2, 0) is 11.2 Å². The number of rotatable bonds is 5. The zero-order valence-corrected chi connectivity index (χ0v) is 15.5. The third kappa shape index (κ3) is 3.84. The minimum atomic E-state index is -0.0484. The quantitative estimate of drug-likeness (QED) is 0.867. The first-order chi connectivity index (χ1) is 12.2. The number of benzene rings is 1. The summed E-state index contributed by atoms with van der Waals surface area (Å²) in [7, 11) is 0. The van der Waals surface area contributed by atoms with Crippen molar-refractivity contribution in [2.45, 2.75) is 25.4 Å². The Kier molecular flexibility index (Phi) is 4.97. The van der Waals surface area contributed by atoms with Crippen LogP contribution in [0.15, 0.2) is 29.0 Å². The van der Waals surface area contributed by atoms with Gasteiger partial charge in [-0.3, -0.25) is 9.69 Å². The van der Waals surface area contributed by atoms with Crippen LogP contribution in [0.2, 0.25) is 5.02 Å². The molecule has 1 fully saturated rings. The molecule has 0 spiro atoms. The molecule has 1 N–H and O–H groups in total. The molecule has 0 bridgehead atoms. The molecule has 2 aliphatic rings. The number of amides is 1. The van der Waals surface area contributed by atoms with Gasteiger partial charge in [-0.2, -0.15) is 11.3 Å². The molecule has 4 rings (SSSR count). The number of carbonyl (C=O) groups is 1. The third-order valence-corrected chi connectivity index (χ3v) is 5.76. The van der Waals surface area contributed by atoms with Crippen LogP contribution in [0.1, 0.15) is 18.4 Å². The largest absolute Gasteiger partial charge is 0.486 e. The number of thiophene rings is 1. The van der Waals surface area contributed by atoms with Crippen molar-refractivity contribution in [2.75, 3.05) is 26.2 Å². The smallest absolute Gasteiger partial charge is 0.234 e. The molecule has 0 aliphatic carbocycles. The van der Waals surface area contributed by atoms with E-state index in [0.29, 0.717) is 18.1 Å². The van der Waals surface area contributed by atoms with Crippen LogP contribution >= 0.6 is 22.9 Å². The summed E-state index contributed by atoms with van der Waals surface area (Å²) in [5.74, 6) is 0.839. The zero-order valence-electron chi connectivity index (χ0n) is 14.0. The Bertz CT molecular complexity index is 757. The van der Waals surface area contributed by atoms with Gasteiger partial charge in [0.1, 0.15) is 11.9 Å². The molecule has 2 aliphatic heterocycles. The minimum absolute atomic E-state index is 0.0484. The van der Waals surface area contributed by atoms with Gasteiger partial charge in [0.25, 0.3) is 0 Å². The van der Waals surface area contributed by atoms with E-state index in [1.54, 1.807) is 11.3 Å². The van der Waals surface area contributed by atoms with Gasteiger partial charge < -0.3 is 10.1 Å². The summed E-state index contributed by atoms with van der Waals surface area (Å²) in [6, 6.07) is 6.20. The Balaban J connectivity index is 1.36. The molecule has 25 heavy (non-hydrogen) atoms. The molecule has 1 saturated heterocycles. The monoisotopic (exact) mass is 376 g/mol. The lowest BCUT2D eigenvalue weighted by molar-refractivity contribution is -0.122. The summed E-state index contributed by atoms with van der Waals surface area (Å²) in [6.45, 7) is 3.06. The lowest BCUT2D eigenvalue weighted by atomic mass is 10.0. The maximum Gasteiger partial charge on any atom is 0.234 e. The van der Waals surface area contributed by atoms with Gasteiger partial charge in [-0.1, -0.05) is 11.6 Å². The van der Waals surface area contributed by atoms with Gasteiger partial charge in [0.15, 0.2) is 0 Å². The summed E-state index contributed by atoms with van der Waals surface area (Å²) in [6.07, 6.45) is 3.11. The van der Waals surface area contributed by atoms with E-state index < -0.39 is 0 Å². The highest BCUT2D eigenvalue weighted by molar-refractivity contribution is 7.08. The Labute approximate surface area is 156 Å². The van der Waals surface area contributed by atoms with Crippen molar-refractivity contribution < 1.29 is 9.53 Å². The highest BCUT2D eigenvalue weighted by atomic mass is 35.5. The lowest BCUT2D eigenvalue weighted by Gasteiger charge is -2.16. The molecule has 1 unspecified atom stereocenters. The fraction of sp³-hybridized carbons (Fsp3) is 0.421. The van der Waals surface area contributed by atoms with Crippen LogP contribution in [0, 0.1) is 0 Å². The molecule has 6 heteroatoms. The van der Waals surface area contributed by atoms with Crippen LogP contribution in [0.25, 0.3) is 11.1 Å². The molecule has 1 aromatic carbocycles. The molecule has 132 valence electrons. The Hall–Kier alpha value is -1.56. The molecule has 2 aromatic rings. The summed E-state index contributed by atoms with van der Waals surface area (Å²) in [4.78, 5) is 14.3. The second-order valence-electron chi connectivity index (χ2n) is 6.69. The predicted octanol–water partition coefficient (Wildman–Crippen LogP) is 3.58. The van der Waals surface area contributed by atoms with Crippen LogP contribution in [0.5, 0.6) is 5.75 Å². The number of nitrogens with one attached hydrogen (secondary N) is 1. The lowest BCUT2D eigenvalue weighted by Crippen LogP contribution is -2.40. The number of hydrogen-bond donors (Lipinski definition) is 1. The van der Waals surface area contributed by atoms with Crippen molar-refractivity contribution in [3.8, 4) is 16.9 Å². The van der Waals surface area contributed by atoms with E-state index in [1.807, 2.05) is 6.07 Å². The van der Waals surface area contributed by atoms with Crippen molar-refractivity contribution in [3.63, 3.8) is 0 Å². The zero-order chi connectivity index (χ0) is 17.2. The summed E-state index contributed by atoms with van der Waals surface area (Å²) < 4.78 is 5.97. The first-order valence-corrected chi connectivity index (χ1v) is 10.0. The molecule has 4 nitrogen and oxygen atoms in total. The van der Waals surface area contributed by atoms with Gasteiger partial charge in [-0.25, -0.2) is 0 Å². The normalized spacial score (nSPS) is 19.6. The Morgan fingerprint density at radius 1 is 1.32 bits per heavy atom. The van der Waals surface area contributed by atoms with Gasteiger partial charge in [0.05, 0.1) is 18.1 Å². The van der Waals surface area contributed by atoms with E-state index in [0.717, 1.165) is 36.4 Å². The average Bonchev–Trinajstić information content (AvgIpc) is 3.34. The molecule has 1 aromatic heterocycles. The van der Waals surface area contributed by atoms with E-state index in [9.17, 15) is 4.79 Å². The number of hydrogen-bond acceptors (Lipinski definition) is 4. The molecular weight excluding hydrogens is 356 g/mol. The number of fused-ring (bicyclic) bond motifs is 1. The van der Waals surface area contributed by atoms with E-state index in [1.165, 1.54) is 18.4 Å². The third-order valence-electron chi connectivity index (χ3n) is 4.80. The maximum absolute atomic E-state index is 12.1. The van der Waals surface area contributed by atoms with Gasteiger partial charge in [0, 0.05) is 12.0 Å². The van der Waals surface area contributed by atoms with Gasteiger partial charge >= 0.3 is 0 Å². The topological polar surface area (TPSA) is 41.6 Å². The minimum Gasteiger partial charge on any atom is -0.486 e. The van der Waals surface area contributed by atoms with Crippen LogP contribution < -0.4 is 10.1 Å². The van der Waals surface area contributed by atoms with Crippen molar-refractivity contribution in [3.05, 3.63) is 39.5 Å². The van der Waals surface area contributed by atoms with E-state index in [2.05, 4.69) is 33.1 Å². The molecule has 0 radical (unpaired) electrons. The predicted molar refractivity (Wildman–Crippen MR) is 102 cm³/mol. The number of ether oxygens (including phenoxy) is 1. The molecule has 3 heterocycles. The van der Waals surface area contributed by atoms with E-state index in [-0.39, 0.29) is 12.0 Å². The maximum atomic E-state index is 12.1. The highest BCUT2D eigenvalue weighted by Gasteiger charge is 2.26. The van der Waals surface area contributed by atoms with E-state index in [4.69, 9.17) is 16.3 Å². The summed E-state index contributed by atoms with van der Waals surface area (Å²) >= 11 is 8.09. The van der Waals surface area contributed by atoms with Crippen LogP contribution in [0.4, 0.5) is 0 Å². The second kappa shape index (κ2) is 7.36. The fourth-order valence-electron chi connectivity index (χ4n) is 3.52. The molecule has 1 atom stereocenters. The highest BCUT2D eigenvalue weighted by Crippen LogP contribution is 2.39. The van der Waals surface area contributed by atoms with Gasteiger partial charge in [0.2, 0.25) is 5.91 Å². The standard InChI is InChI=1S/C19H21ClN2O2S/c20-17-9-14(13-3-6-25-12-13)7-15-8-16(24-19(15)17)10-21-18(23)11-22-4-1-2-5-22/h3,6-7,9,12,16H,1-2,4-5,8,10-11H2,(H,21,23). The van der Waals surface area contributed by atoms with Crippen molar-refractivity contribution in [1.29, 1.82) is 0 Å². The average molecular weight is 377 g/mol. The van der Waals surface area contributed by atoms with Crippen LogP contribution in [0.3, 0.4) is 0 Å². The number of nitrogens with zero attached hydrogens (tertiary/aromatic N) is 1. The Morgan fingerprint density at radius 3 is 2.92 bits per heavy atom. The second-order valence-corrected chi connectivity index (χ2v) is 7.88.